The van der Waals surface area contributed by atoms with Crippen LogP contribution in [0.25, 0.3) is 0 Å². The summed E-state index contributed by atoms with van der Waals surface area (Å²) in [5, 5.41) is 10.9. The lowest BCUT2D eigenvalue weighted by Gasteiger charge is -2.35. The van der Waals surface area contributed by atoms with E-state index >= 15 is 0 Å². The van der Waals surface area contributed by atoms with Crippen LogP contribution in [0.3, 0.4) is 0 Å². The van der Waals surface area contributed by atoms with Gasteiger partial charge in [0.25, 0.3) is 11.6 Å². The molecule has 9 nitrogen and oxygen atoms in total. The third-order valence-corrected chi connectivity index (χ3v) is 4.46. The fraction of sp³-hybridized carbons (Fsp3) is 0.389. The summed E-state index contributed by atoms with van der Waals surface area (Å²) in [7, 11) is 3.86. The molecular weight excluding hydrogens is 348 g/mol. The van der Waals surface area contributed by atoms with Gasteiger partial charge in [-0.3, -0.25) is 14.9 Å². The van der Waals surface area contributed by atoms with Crippen LogP contribution in [-0.2, 0) is 0 Å². The van der Waals surface area contributed by atoms with Gasteiger partial charge in [-0.25, -0.2) is 9.97 Å². The lowest BCUT2D eigenvalue weighted by molar-refractivity contribution is -0.384. The van der Waals surface area contributed by atoms with Crippen molar-refractivity contribution in [3.63, 3.8) is 0 Å². The molecule has 0 atom stereocenters. The van der Waals surface area contributed by atoms with Gasteiger partial charge in [0.2, 0.25) is 0 Å². The molecule has 0 aliphatic carbocycles. The molecule has 3 rings (SSSR count). The number of rotatable bonds is 4. The van der Waals surface area contributed by atoms with Gasteiger partial charge >= 0.3 is 0 Å². The summed E-state index contributed by atoms with van der Waals surface area (Å²) < 4.78 is 0. The first-order chi connectivity index (χ1) is 12.8. The van der Waals surface area contributed by atoms with Crippen molar-refractivity contribution in [2.24, 2.45) is 0 Å². The number of carbonyl (C=O) groups excluding carboxylic acids is 1. The Balaban J connectivity index is 1.69. The van der Waals surface area contributed by atoms with Gasteiger partial charge in [0, 0.05) is 64.0 Å². The molecule has 27 heavy (non-hydrogen) atoms. The fourth-order valence-electron chi connectivity index (χ4n) is 3.00. The molecule has 0 saturated carbocycles. The number of benzene rings is 1. The summed E-state index contributed by atoms with van der Waals surface area (Å²) in [4.78, 5) is 37.8. The van der Waals surface area contributed by atoms with Crippen LogP contribution in [0.5, 0.6) is 0 Å². The molecule has 1 aromatic carbocycles. The summed E-state index contributed by atoms with van der Waals surface area (Å²) in [5.41, 5.74) is 0.262. The molecule has 1 aliphatic rings. The summed E-state index contributed by atoms with van der Waals surface area (Å²) in [5.74, 6) is 2.19. The Morgan fingerprint density at radius 2 is 1.85 bits per heavy atom. The first-order valence-electron chi connectivity index (χ1n) is 8.67. The van der Waals surface area contributed by atoms with E-state index in [1.54, 1.807) is 11.0 Å². The molecule has 0 radical (unpaired) electrons. The van der Waals surface area contributed by atoms with Crippen molar-refractivity contribution in [3.8, 4) is 0 Å². The van der Waals surface area contributed by atoms with Crippen LogP contribution in [0, 0.1) is 17.0 Å². The Hall–Kier alpha value is -3.23. The van der Waals surface area contributed by atoms with Gasteiger partial charge in [0.1, 0.15) is 17.5 Å². The van der Waals surface area contributed by atoms with Gasteiger partial charge in [-0.1, -0.05) is 6.07 Å². The Morgan fingerprint density at radius 1 is 1.15 bits per heavy atom. The van der Waals surface area contributed by atoms with E-state index in [1.165, 1.54) is 18.2 Å². The van der Waals surface area contributed by atoms with Crippen LogP contribution >= 0.6 is 0 Å². The van der Waals surface area contributed by atoms with Crippen molar-refractivity contribution < 1.29 is 9.72 Å². The first-order valence-corrected chi connectivity index (χ1v) is 8.67. The molecular formula is C18H22N6O3. The van der Waals surface area contributed by atoms with Crippen LogP contribution in [0.2, 0.25) is 0 Å². The zero-order valence-corrected chi connectivity index (χ0v) is 15.6. The first kappa shape index (κ1) is 18.6. The minimum absolute atomic E-state index is 0.0767. The average molecular weight is 370 g/mol. The molecule has 1 aliphatic heterocycles. The third-order valence-electron chi connectivity index (χ3n) is 4.46. The number of piperazine rings is 1. The highest BCUT2D eigenvalue weighted by Crippen LogP contribution is 2.20. The number of nitro benzene ring substituents is 1. The molecule has 1 saturated heterocycles. The van der Waals surface area contributed by atoms with Crippen LogP contribution < -0.4 is 9.80 Å². The second-order valence-corrected chi connectivity index (χ2v) is 6.61. The maximum atomic E-state index is 12.7. The number of nitrogens with zero attached hydrogens (tertiary/aromatic N) is 6. The maximum Gasteiger partial charge on any atom is 0.270 e. The van der Waals surface area contributed by atoms with Crippen LogP contribution in [0.1, 0.15) is 16.2 Å². The Labute approximate surface area is 157 Å². The summed E-state index contributed by atoms with van der Waals surface area (Å²) in [6.07, 6.45) is 0. The summed E-state index contributed by atoms with van der Waals surface area (Å²) in [6.45, 7) is 4.20. The number of hydrogen-bond donors (Lipinski definition) is 0. The highest BCUT2D eigenvalue weighted by atomic mass is 16.6. The standard InChI is InChI=1S/C18H22N6O3/c1-13-19-16(21(2)3)12-17(20-13)22-7-9-23(10-8-22)18(25)14-5-4-6-15(11-14)24(26)27/h4-6,11-12H,7-10H2,1-3H3. The lowest BCUT2D eigenvalue weighted by atomic mass is 10.1. The zero-order valence-electron chi connectivity index (χ0n) is 15.6. The van der Waals surface area contributed by atoms with Gasteiger partial charge in [0.05, 0.1) is 4.92 Å². The highest BCUT2D eigenvalue weighted by Gasteiger charge is 2.24. The molecule has 0 N–H and O–H groups in total. The normalized spacial score (nSPS) is 14.2. The minimum atomic E-state index is -0.492. The van der Waals surface area contributed by atoms with E-state index in [2.05, 4.69) is 14.9 Å². The Kier molecular flexibility index (Phi) is 5.20. The van der Waals surface area contributed by atoms with Crippen LogP contribution in [-0.4, -0.2) is 66.0 Å². The number of non-ortho nitro benzene ring substituents is 1. The van der Waals surface area contributed by atoms with E-state index in [4.69, 9.17) is 0 Å². The Morgan fingerprint density at radius 3 is 2.48 bits per heavy atom. The van der Waals surface area contributed by atoms with Crippen molar-refractivity contribution in [2.45, 2.75) is 6.92 Å². The molecule has 1 fully saturated rings. The van der Waals surface area contributed by atoms with Crippen molar-refractivity contribution in [3.05, 3.63) is 51.8 Å². The molecule has 0 unspecified atom stereocenters. The van der Waals surface area contributed by atoms with Crippen molar-refractivity contribution >= 4 is 23.2 Å². The lowest BCUT2D eigenvalue weighted by Crippen LogP contribution is -2.49. The van der Waals surface area contributed by atoms with E-state index in [0.29, 0.717) is 37.6 Å². The van der Waals surface area contributed by atoms with Gasteiger partial charge < -0.3 is 14.7 Å². The highest BCUT2D eigenvalue weighted by molar-refractivity contribution is 5.95. The van der Waals surface area contributed by atoms with Crippen molar-refractivity contribution in [2.75, 3.05) is 50.1 Å². The van der Waals surface area contributed by atoms with E-state index < -0.39 is 4.92 Å². The van der Waals surface area contributed by atoms with Gasteiger partial charge in [-0.15, -0.1) is 0 Å². The van der Waals surface area contributed by atoms with Crippen molar-refractivity contribution in [1.82, 2.24) is 14.9 Å². The number of anilines is 2. The fourth-order valence-corrected chi connectivity index (χ4v) is 3.00. The number of amides is 1. The topological polar surface area (TPSA) is 95.7 Å². The van der Waals surface area contributed by atoms with Crippen LogP contribution in [0.4, 0.5) is 17.3 Å². The second-order valence-electron chi connectivity index (χ2n) is 6.61. The molecule has 0 spiro atoms. The number of aryl methyl sites for hydroxylation is 1. The average Bonchev–Trinajstić information content (AvgIpc) is 2.67. The second kappa shape index (κ2) is 7.56. The summed E-state index contributed by atoms with van der Waals surface area (Å²) in [6, 6.07) is 7.79. The zero-order chi connectivity index (χ0) is 19.6. The van der Waals surface area contributed by atoms with E-state index in [9.17, 15) is 14.9 Å². The Bertz CT molecular complexity index is 862. The van der Waals surface area contributed by atoms with Crippen LogP contribution in [0.15, 0.2) is 30.3 Å². The molecule has 2 aromatic rings. The summed E-state index contributed by atoms with van der Waals surface area (Å²) >= 11 is 0. The van der Waals surface area contributed by atoms with E-state index in [0.717, 1.165) is 11.6 Å². The molecule has 1 aromatic heterocycles. The number of aromatic nitrogens is 2. The predicted molar refractivity (Wildman–Crippen MR) is 102 cm³/mol. The van der Waals surface area contributed by atoms with Gasteiger partial charge in [-0.05, 0) is 13.0 Å². The number of hydrogen-bond acceptors (Lipinski definition) is 7. The molecule has 1 amide bonds. The molecule has 142 valence electrons. The van der Waals surface area contributed by atoms with Crippen molar-refractivity contribution in [1.29, 1.82) is 0 Å². The monoisotopic (exact) mass is 370 g/mol. The van der Waals surface area contributed by atoms with Gasteiger partial charge in [0.15, 0.2) is 0 Å². The number of carbonyl (C=O) groups is 1. The van der Waals surface area contributed by atoms with E-state index in [-0.39, 0.29) is 11.6 Å². The quantitative estimate of drug-likeness (QED) is 0.597. The molecule has 2 heterocycles. The van der Waals surface area contributed by atoms with E-state index in [1.807, 2.05) is 32.0 Å². The molecule has 0 bridgehead atoms. The predicted octanol–water partition coefficient (Wildman–Crippen LogP) is 1.72. The maximum absolute atomic E-state index is 12.7. The SMILES string of the molecule is Cc1nc(N(C)C)cc(N2CCN(C(=O)c3cccc([N+](=O)[O-])c3)CC2)n1. The van der Waals surface area contributed by atoms with Gasteiger partial charge in [-0.2, -0.15) is 0 Å². The molecule has 9 heteroatoms. The number of nitro groups is 1. The largest absolute Gasteiger partial charge is 0.363 e. The minimum Gasteiger partial charge on any atom is -0.363 e. The third kappa shape index (κ3) is 4.13. The smallest absolute Gasteiger partial charge is 0.270 e.